The first kappa shape index (κ1) is 12.0. The van der Waals surface area contributed by atoms with E-state index in [-0.39, 0.29) is 0 Å². The Balaban J connectivity index is 2.11. The summed E-state index contributed by atoms with van der Waals surface area (Å²) in [5, 5.41) is 2.66. The Morgan fingerprint density at radius 3 is 2.63 bits per heavy atom. The molecule has 1 aliphatic rings. The van der Waals surface area contributed by atoms with Gasteiger partial charge in [-0.2, -0.15) is 0 Å². The van der Waals surface area contributed by atoms with Gasteiger partial charge in [-0.1, -0.05) is 48.0 Å². The van der Waals surface area contributed by atoms with Crippen LogP contribution in [0.1, 0.15) is 24.0 Å². The number of hydrogen-bond donors (Lipinski definition) is 0. The number of ether oxygens (including phenoxy) is 1. The lowest BCUT2D eigenvalue weighted by atomic mass is 9.92. The van der Waals surface area contributed by atoms with Crippen LogP contribution in [0.15, 0.2) is 54.3 Å². The molecular formula is C18H18O. The van der Waals surface area contributed by atoms with E-state index in [9.17, 15) is 0 Å². The predicted octanol–water partition coefficient (Wildman–Crippen LogP) is 4.86. The standard InChI is InChI=1S/C18H18O/c1-13-6-11-18-15(12-13)4-3-5-17(18)14-7-9-16(19-2)10-8-14/h3-7,9,11-12H,8,10H2,1-2H3. The van der Waals surface area contributed by atoms with Crippen LogP contribution in [0.2, 0.25) is 0 Å². The first-order valence-corrected chi connectivity index (χ1v) is 6.71. The molecule has 1 aliphatic carbocycles. The smallest absolute Gasteiger partial charge is 0.0958 e. The fourth-order valence-electron chi connectivity index (χ4n) is 2.70. The molecule has 0 fully saturated rings. The first-order valence-electron chi connectivity index (χ1n) is 6.71. The van der Waals surface area contributed by atoms with Crippen LogP contribution in [-0.2, 0) is 4.74 Å². The highest BCUT2D eigenvalue weighted by Gasteiger charge is 2.10. The van der Waals surface area contributed by atoms with Crippen molar-refractivity contribution in [2.45, 2.75) is 19.8 Å². The number of benzene rings is 2. The Kier molecular flexibility index (Phi) is 3.12. The molecule has 1 heteroatoms. The molecular weight excluding hydrogens is 232 g/mol. The molecule has 2 aromatic rings. The van der Waals surface area contributed by atoms with E-state index in [0.717, 1.165) is 18.6 Å². The van der Waals surface area contributed by atoms with Crippen molar-refractivity contribution in [3.8, 4) is 0 Å². The number of aryl methyl sites for hydroxylation is 1. The Morgan fingerprint density at radius 1 is 1.00 bits per heavy atom. The largest absolute Gasteiger partial charge is 0.501 e. The normalized spacial score (nSPS) is 15.1. The summed E-state index contributed by atoms with van der Waals surface area (Å²) in [5.74, 6) is 1.07. The maximum atomic E-state index is 5.30. The third kappa shape index (κ3) is 2.28. The van der Waals surface area contributed by atoms with Crippen LogP contribution in [0, 0.1) is 6.92 Å². The number of hydrogen-bond acceptors (Lipinski definition) is 1. The van der Waals surface area contributed by atoms with Crippen LogP contribution in [-0.4, -0.2) is 7.11 Å². The van der Waals surface area contributed by atoms with Crippen LogP contribution in [0.5, 0.6) is 0 Å². The second-order valence-corrected chi connectivity index (χ2v) is 5.06. The second-order valence-electron chi connectivity index (χ2n) is 5.06. The molecule has 0 saturated heterocycles. The van der Waals surface area contributed by atoms with Crippen molar-refractivity contribution in [2.75, 3.05) is 7.11 Å². The zero-order chi connectivity index (χ0) is 13.2. The van der Waals surface area contributed by atoms with E-state index in [1.54, 1.807) is 7.11 Å². The van der Waals surface area contributed by atoms with E-state index >= 15 is 0 Å². The van der Waals surface area contributed by atoms with Crippen LogP contribution >= 0.6 is 0 Å². The summed E-state index contributed by atoms with van der Waals surface area (Å²) in [6.45, 7) is 2.14. The van der Waals surface area contributed by atoms with Gasteiger partial charge < -0.3 is 4.74 Å². The third-order valence-electron chi connectivity index (χ3n) is 3.76. The Morgan fingerprint density at radius 2 is 1.89 bits per heavy atom. The van der Waals surface area contributed by atoms with Crippen molar-refractivity contribution in [1.82, 2.24) is 0 Å². The van der Waals surface area contributed by atoms with E-state index in [2.05, 4.69) is 55.5 Å². The quantitative estimate of drug-likeness (QED) is 0.740. The number of fused-ring (bicyclic) bond motifs is 1. The van der Waals surface area contributed by atoms with Gasteiger partial charge in [0.25, 0.3) is 0 Å². The average Bonchev–Trinajstić information content (AvgIpc) is 2.46. The van der Waals surface area contributed by atoms with E-state index in [0.29, 0.717) is 0 Å². The van der Waals surface area contributed by atoms with Crippen LogP contribution in [0.4, 0.5) is 0 Å². The van der Waals surface area contributed by atoms with Gasteiger partial charge in [0.15, 0.2) is 0 Å². The zero-order valence-electron chi connectivity index (χ0n) is 11.4. The molecule has 3 rings (SSSR count). The summed E-state index contributed by atoms with van der Waals surface area (Å²) in [6.07, 6.45) is 6.32. The Bertz CT molecular complexity index is 677. The summed E-state index contributed by atoms with van der Waals surface area (Å²) in [5.41, 5.74) is 4.06. The molecule has 0 heterocycles. The lowest BCUT2D eigenvalue weighted by Gasteiger charge is -2.16. The summed E-state index contributed by atoms with van der Waals surface area (Å²) in [6, 6.07) is 13.2. The highest BCUT2D eigenvalue weighted by atomic mass is 16.5. The van der Waals surface area contributed by atoms with Gasteiger partial charge >= 0.3 is 0 Å². The molecule has 0 spiro atoms. The van der Waals surface area contributed by atoms with Gasteiger partial charge in [-0.15, -0.1) is 0 Å². The van der Waals surface area contributed by atoms with Crippen molar-refractivity contribution < 1.29 is 4.74 Å². The minimum atomic E-state index is 0.991. The molecule has 0 radical (unpaired) electrons. The molecule has 0 aliphatic heterocycles. The molecule has 0 unspecified atom stereocenters. The van der Waals surface area contributed by atoms with E-state index in [1.165, 1.54) is 27.5 Å². The van der Waals surface area contributed by atoms with E-state index < -0.39 is 0 Å². The SMILES string of the molecule is COC1=CC=C(c2cccc3cc(C)ccc23)CC1. The fourth-order valence-corrected chi connectivity index (χ4v) is 2.70. The number of allylic oxidation sites excluding steroid dienone is 4. The van der Waals surface area contributed by atoms with Crippen LogP contribution < -0.4 is 0 Å². The van der Waals surface area contributed by atoms with Gasteiger partial charge in [0, 0.05) is 6.42 Å². The average molecular weight is 250 g/mol. The monoisotopic (exact) mass is 250 g/mol. The maximum absolute atomic E-state index is 5.30. The molecule has 96 valence electrons. The number of methoxy groups -OCH3 is 1. The molecule has 0 atom stereocenters. The van der Waals surface area contributed by atoms with Gasteiger partial charge in [-0.25, -0.2) is 0 Å². The van der Waals surface area contributed by atoms with Crippen molar-refractivity contribution >= 4 is 16.3 Å². The molecule has 1 nitrogen and oxygen atoms in total. The van der Waals surface area contributed by atoms with Crippen molar-refractivity contribution in [3.63, 3.8) is 0 Å². The van der Waals surface area contributed by atoms with Gasteiger partial charge in [-0.05, 0) is 41.3 Å². The predicted molar refractivity (Wildman–Crippen MR) is 81.0 cm³/mol. The molecule has 0 aromatic heterocycles. The molecule has 2 aromatic carbocycles. The molecule has 0 N–H and O–H groups in total. The van der Waals surface area contributed by atoms with Gasteiger partial charge in [0.05, 0.1) is 12.9 Å². The van der Waals surface area contributed by atoms with Crippen molar-refractivity contribution in [1.29, 1.82) is 0 Å². The highest BCUT2D eigenvalue weighted by Crippen LogP contribution is 2.32. The Hall–Kier alpha value is -2.02. The molecule has 0 bridgehead atoms. The van der Waals surface area contributed by atoms with Gasteiger partial charge in [0.1, 0.15) is 0 Å². The van der Waals surface area contributed by atoms with Gasteiger partial charge in [0.2, 0.25) is 0 Å². The lowest BCUT2D eigenvalue weighted by molar-refractivity contribution is 0.277. The highest BCUT2D eigenvalue weighted by molar-refractivity contribution is 5.94. The summed E-state index contributed by atoms with van der Waals surface area (Å²) >= 11 is 0. The molecule has 19 heavy (non-hydrogen) atoms. The molecule has 0 amide bonds. The Labute approximate surface area is 114 Å². The maximum Gasteiger partial charge on any atom is 0.0958 e. The second kappa shape index (κ2) is 4.93. The summed E-state index contributed by atoms with van der Waals surface area (Å²) in [7, 11) is 1.74. The topological polar surface area (TPSA) is 9.23 Å². The van der Waals surface area contributed by atoms with Crippen LogP contribution in [0.25, 0.3) is 16.3 Å². The third-order valence-corrected chi connectivity index (χ3v) is 3.76. The fraction of sp³-hybridized carbons (Fsp3) is 0.222. The minimum Gasteiger partial charge on any atom is -0.501 e. The summed E-state index contributed by atoms with van der Waals surface area (Å²) < 4.78 is 5.30. The van der Waals surface area contributed by atoms with Crippen molar-refractivity contribution in [2.24, 2.45) is 0 Å². The van der Waals surface area contributed by atoms with Crippen LogP contribution in [0.3, 0.4) is 0 Å². The lowest BCUT2D eigenvalue weighted by Crippen LogP contribution is -1.96. The van der Waals surface area contributed by atoms with Gasteiger partial charge in [-0.3, -0.25) is 0 Å². The summed E-state index contributed by atoms with van der Waals surface area (Å²) in [4.78, 5) is 0. The minimum absolute atomic E-state index is 0.991. The van der Waals surface area contributed by atoms with E-state index in [4.69, 9.17) is 4.74 Å². The van der Waals surface area contributed by atoms with E-state index in [1.807, 2.05) is 0 Å². The number of rotatable bonds is 2. The molecule has 0 saturated carbocycles. The first-order chi connectivity index (χ1) is 9.28. The van der Waals surface area contributed by atoms with Crippen molar-refractivity contribution in [3.05, 3.63) is 65.4 Å². The zero-order valence-corrected chi connectivity index (χ0v) is 11.4.